The van der Waals surface area contributed by atoms with Gasteiger partial charge in [0.25, 0.3) is 10.0 Å². The molecule has 0 bridgehead atoms. The first-order valence-corrected chi connectivity index (χ1v) is 17.3. The minimum atomic E-state index is -4.17. The molecule has 0 radical (unpaired) electrons. The summed E-state index contributed by atoms with van der Waals surface area (Å²) in [6.45, 7) is 5.27. The maximum atomic E-state index is 14.5. The minimum Gasteiger partial charge on any atom is -0.352 e. The summed E-state index contributed by atoms with van der Waals surface area (Å²) in [7, 11) is -4.17. The summed E-state index contributed by atoms with van der Waals surface area (Å²) in [6.07, 6.45) is 0.941. The van der Waals surface area contributed by atoms with Gasteiger partial charge >= 0.3 is 0 Å². The van der Waals surface area contributed by atoms with E-state index < -0.39 is 28.5 Å². The number of nitrogens with one attached hydrogen (secondary N) is 1. The van der Waals surface area contributed by atoms with Crippen LogP contribution in [-0.2, 0) is 32.6 Å². The molecule has 0 unspecified atom stereocenters. The Balaban J connectivity index is 1.80. The summed E-state index contributed by atoms with van der Waals surface area (Å²) in [6, 6.07) is 28.7. The Morgan fingerprint density at radius 3 is 2.16 bits per heavy atom. The predicted molar refractivity (Wildman–Crippen MR) is 184 cm³/mol. The molecule has 0 heterocycles. The number of hydrogen-bond acceptors (Lipinski definition) is 4. The van der Waals surface area contributed by atoms with Crippen molar-refractivity contribution in [3.63, 3.8) is 0 Å². The van der Waals surface area contributed by atoms with Gasteiger partial charge < -0.3 is 10.2 Å². The van der Waals surface area contributed by atoms with Crippen LogP contribution in [0.4, 0.5) is 5.69 Å². The molecule has 4 aromatic rings. The van der Waals surface area contributed by atoms with Gasteiger partial charge in [0.15, 0.2) is 0 Å². The lowest BCUT2D eigenvalue weighted by Gasteiger charge is -2.34. The number of benzene rings is 4. The van der Waals surface area contributed by atoms with E-state index in [1.165, 1.54) is 17.0 Å². The second kappa shape index (κ2) is 15.6. The minimum absolute atomic E-state index is 0.0452. The third-order valence-electron chi connectivity index (χ3n) is 7.52. The van der Waals surface area contributed by atoms with Gasteiger partial charge in [0, 0.05) is 28.5 Å². The van der Waals surface area contributed by atoms with Crippen molar-refractivity contribution in [1.29, 1.82) is 0 Å². The lowest BCUT2D eigenvalue weighted by molar-refractivity contribution is -0.140. The largest absolute Gasteiger partial charge is 0.352 e. The zero-order valence-electron chi connectivity index (χ0n) is 25.5. The monoisotopic (exact) mass is 709 g/mol. The number of rotatable bonds is 13. The zero-order chi connectivity index (χ0) is 32.6. The van der Waals surface area contributed by atoms with Crippen LogP contribution in [0.1, 0.15) is 37.0 Å². The van der Waals surface area contributed by atoms with Gasteiger partial charge in [-0.25, -0.2) is 8.42 Å². The van der Waals surface area contributed by atoms with E-state index in [9.17, 15) is 18.0 Å². The number of carbonyl (C=O) groups excluding carboxylic acids is 2. The Hall–Kier alpha value is -3.66. The van der Waals surface area contributed by atoms with Crippen LogP contribution in [0.25, 0.3) is 0 Å². The van der Waals surface area contributed by atoms with Crippen molar-refractivity contribution in [3.05, 3.63) is 129 Å². The van der Waals surface area contributed by atoms with Crippen LogP contribution >= 0.6 is 27.5 Å². The van der Waals surface area contributed by atoms with E-state index in [0.29, 0.717) is 22.7 Å². The Morgan fingerprint density at radius 1 is 0.889 bits per heavy atom. The van der Waals surface area contributed by atoms with Gasteiger partial charge in [-0.15, -0.1) is 0 Å². The molecule has 2 amide bonds. The first-order chi connectivity index (χ1) is 21.5. The molecular weight excluding hydrogens is 674 g/mol. The number of carbonyl (C=O) groups is 2. The first kappa shape index (κ1) is 34.2. The number of anilines is 1. The van der Waals surface area contributed by atoms with Crippen molar-refractivity contribution in [3.8, 4) is 0 Å². The van der Waals surface area contributed by atoms with Crippen LogP contribution in [0.3, 0.4) is 0 Å². The maximum Gasteiger partial charge on any atom is 0.264 e. The molecule has 0 saturated heterocycles. The highest BCUT2D eigenvalue weighted by molar-refractivity contribution is 9.10. The molecule has 236 valence electrons. The van der Waals surface area contributed by atoms with E-state index in [-0.39, 0.29) is 29.8 Å². The molecule has 7 nitrogen and oxygen atoms in total. The standard InChI is InChI=1S/C35H37BrClN3O4S/c1-4-26(3)38-35(42)33(22-27-9-6-5-7-10-27)39(23-28-11-8-12-30(37)21-28)34(41)24-40(31-17-15-29(36)16-18-31)45(43,44)32-19-13-25(2)14-20-32/h5-21,26,33H,4,22-24H2,1-3H3,(H,38,42)/t26-,33+/m1/s1. The average Bonchev–Trinajstić information content (AvgIpc) is 3.02. The number of sulfonamides is 1. The molecule has 0 spiro atoms. The summed E-state index contributed by atoms with van der Waals surface area (Å²) >= 11 is 9.72. The van der Waals surface area contributed by atoms with Gasteiger partial charge in [0.05, 0.1) is 10.6 Å². The first-order valence-electron chi connectivity index (χ1n) is 14.7. The molecule has 0 fully saturated rings. The van der Waals surface area contributed by atoms with Crippen LogP contribution in [0.15, 0.2) is 112 Å². The number of amides is 2. The third kappa shape index (κ3) is 9.19. The second-order valence-corrected chi connectivity index (χ2v) is 14.2. The molecular formula is C35H37BrClN3O4S. The maximum absolute atomic E-state index is 14.5. The van der Waals surface area contributed by atoms with E-state index in [1.807, 2.05) is 57.2 Å². The summed E-state index contributed by atoms with van der Waals surface area (Å²) < 4.78 is 30.1. The molecule has 0 aliphatic rings. The molecule has 10 heteroatoms. The topological polar surface area (TPSA) is 86.8 Å². The summed E-state index contributed by atoms with van der Waals surface area (Å²) in [5, 5.41) is 3.53. The number of halogens is 2. The molecule has 0 saturated carbocycles. The molecule has 0 aromatic heterocycles. The summed E-state index contributed by atoms with van der Waals surface area (Å²) in [5.41, 5.74) is 2.80. The van der Waals surface area contributed by atoms with Gasteiger partial charge in [-0.3, -0.25) is 13.9 Å². The Kier molecular flexibility index (Phi) is 11.8. The van der Waals surface area contributed by atoms with Crippen LogP contribution in [0, 0.1) is 6.92 Å². The van der Waals surface area contributed by atoms with Crippen molar-refractivity contribution in [2.45, 2.75) is 57.1 Å². The van der Waals surface area contributed by atoms with Crippen LogP contribution < -0.4 is 9.62 Å². The molecule has 2 atom stereocenters. The van der Waals surface area contributed by atoms with Gasteiger partial charge in [0.1, 0.15) is 12.6 Å². The van der Waals surface area contributed by atoms with Crippen molar-refractivity contribution in [2.24, 2.45) is 0 Å². The quantitative estimate of drug-likeness (QED) is 0.160. The number of hydrogen-bond donors (Lipinski definition) is 1. The average molecular weight is 711 g/mol. The normalized spacial score (nSPS) is 12.6. The molecule has 4 aromatic carbocycles. The lowest BCUT2D eigenvalue weighted by Crippen LogP contribution is -2.54. The van der Waals surface area contributed by atoms with Crippen molar-refractivity contribution < 1.29 is 18.0 Å². The smallest absolute Gasteiger partial charge is 0.264 e. The van der Waals surface area contributed by atoms with E-state index in [1.54, 1.807) is 54.6 Å². The molecule has 45 heavy (non-hydrogen) atoms. The number of nitrogens with zero attached hydrogens (tertiary/aromatic N) is 2. The highest BCUT2D eigenvalue weighted by Crippen LogP contribution is 2.27. The van der Waals surface area contributed by atoms with Crippen LogP contribution in [-0.4, -0.2) is 43.8 Å². The fraction of sp³-hybridized carbons (Fsp3) is 0.257. The van der Waals surface area contributed by atoms with Crippen LogP contribution in [0.2, 0.25) is 5.02 Å². The highest BCUT2D eigenvalue weighted by Gasteiger charge is 2.35. The van der Waals surface area contributed by atoms with E-state index >= 15 is 0 Å². The molecule has 1 N–H and O–H groups in total. The van der Waals surface area contributed by atoms with E-state index in [4.69, 9.17) is 11.6 Å². The van der Waals surface area contributed by atoms with Crippen molar-refractivity contribution >= 4 is 55.1 Å². The summed E-state index contributed by atoms with van der Waals surface area (Å²) in [5.74, 6) is -0.853. The fourth-order valence-corrected chi connectivity index (χ4v) is 6.69. The molecule has 4 rings (SSSR count). The van der Waals surface area contributed by atoms with E-state index in [0.717, 1.165) is 19.9 Å². The van der Waals surface area contributed by atoms with Crippen molar-refractivity contribution in [1.82, 2.24) is 10.2 Å². The van der Waals surface area contributed by atoms with Crippen molar-refractivity contribution in [2.75, 3.05) is 10.8 Å². The number of aryl methyl sites for hydroxylation is 1. The SMILES string of the molecule is CC[C@@H](C)NC(=O)[C@H](Cc1ccccc1)N(Cc1cccc(Cl)c1)C(=O)CN(c1ccc(Br)cc1)S(=O)(=O)c1ccc(C)cc1. The lowest BCUT2D eigenvalue weighted by atomic mass is 10.0. The fourth-order valence-electron chi connectivity index (χ4n) is 4.80. The van der Waals surface area contributed by atoms with Gasteiger partial charge in [0.2, 0.25) is 11.8 Å². The second-order valence-electron chi connectivity index (χ2n) is 11.0. The van der Waals surface area contributed by atoms with E-state index in [2.05, 4.69) is 21.2 Å². The van der Waals surface area contributed by atoms with Crippen LogP contribution in [0.5, 0.6) is 0 Å². The zero-order valence-corrected chi connectivity index (χ0v) is 28.6. The third-order valence-corrected chi connectivity index (χ3v) is 10.1. The van der Waals surface area contributed by atoms with Gasteiger partial charge in [-0.1, -0.05) is 94.6 Å². The predicted octanol–water partition coefficient (Wildman–Crippen LogP) is 7.16. The van der Waals surface area contributed by atoms with Gasteiger partial charge in [-0.2, -0.15) is 0 Å². The highest BCUT2D eigenvalue weighted by atomic mass is 79.9. The molecule has 0 aliphatic heterocycles. The Labute approximate surface area is 279 Å². The molecule has 0 aliphatic carbocycles. The Bertz CT molecular complexity index is 1700. The van der Waals surface area contributed by atoms with Gasteiger partial charge in [-0.05, 0) is 79.9 Å². The Morgan fingerprint density at radius 2 is 1.53 bits per heavy atom. The summed E-state index contributed by atoms with van der Waals surface area (Å²) in [4.78, 5) is 29.9.